The fourth-order valence-electron chi connectivity index (χ4n) is 2.71. The highest BCUT2D eigenvalue weighted by molar-refractivity contribution is 8.26. The third-order valence-corrected chi connectivity index (χ3v) is 5.45. The van der Waals surface area contributed by atoms with E-state index in [1.807, 2.05) is 30.3 Å². The van der Waals surface area contributed by atoms with Crippen LogP contribution in [0.4, 0.5) is 0 Å². The average Bonchev–Trinajstić information content (AvgIpc) is 2.94. The topological polar surface area (TPSA) is 55.8 Å². The molecule has 1 aromatic carbocycles. The number of rotatable bonds is 11. The van der Waals surface area contributed by atoms with Crippen molar-refractivity contribution in [2.45, 2.75) is 46.0 Å². The largest absolute Gasteiger partial charge is 0.494 e. The van der Waals surface area contributed by atoms with Gasteiger partial charge in [-0.25, -0.2) is 0 Å². The smallest absolute Gasteiger partial charge is 0.305 e. The summed E-state index contributed by atoms with van der Waals surface area (Å²) in [4.78, 5) is 26.3. The van der Waals surface area contributed by atoms with Crippen molar-refractivity contribution < 1.29 is 19.1 Å². The molecule has 0 unspecified atom stereocenters. The minimum Gasteiger partial charge on any atom is -0.494 e. The summed E-state index contributed by atoms with van der Waals surface area (Å²) in [5, 5.41) is 0. The van der Waals surface area contributed by atoms with Gasteiger partial charge in [-0.3, -0.25) is 14.5 Å². The quantitative estimate of drug-likeness (QED) is 0.221. The van der Waals surface area contributed by atoms with Crippen LogP contribution in [-0.4, -0.2) is 40.9 Å². The van der Waals surface area contributed by atoms with Crippen LogP contribution in [-0.2, 0) is 14.3 Å². The van der Waals surface area contributed by atoms with Crippen molar-refractivity contribution in [1.82, 2.24) is 4.90 Å². The number of thioether (sulfide) groups is 1. The normalized spacial score (nSPS) is 15.4. The zero-order valence-electron chi connectivity index (χ0n) is 16.4. The fraction of sp³-hybridized carbons (Fsp3) is 0.476. The molecular weight excluding hydrogens is 394 g/mol. The molecule has 1 fully saturated rings. The molecular formula is C21H27NO4S2. The Bertz CT molecular complexity index is 733. The van der Waals surface area contributed by atoms with Gasteiger partial charge in [-0.1, -0.05) is 49.5 Å². The summed E-state index contributed by atoms with van der Waals surface area (Å²) in [6.45, 7) is 5.52. The molecule has 2 rings (SSSR count). The molecule has 1 aliphatic heterocycles. The molecule has 1 heterocycles. The Kier molecular flexibility index (Phi) is 9.50. The number of carbonyl (C=O) groups excluding carboxylic acids is 2. The Hall–Kier alpha value is -1.86. The van der Waals surface area contributed by atoms with Crippen molar-refractivity contribution in [3.63, 3.8) is 0 Å². The Balaban J connectivity index is 1.87. The van der Waals surface area contributed by atoms with Crippen molar-refractivity contribution in [3.8, 4) is 5.75 Å². The van der Waals surface area contributed by atoms with Crippen LogP contribution in [0.3, 0.4) is 0 Å². The van der Waals surface area contributed by atoms with Crippen LogP contribution < -0.4 is 4.74 Å². The number of benzene rings is 1. The SMILES string of the molecule is CCCOc1cccc(/C=C2/SC(=S)N(CCCCCC(=O)OCC)C2=O)c1. The van der Waals surface area contributed by atoms with Gasteiger partial charge in [0.05, 0.1) is 18.1 Å². The van der Waals surface area contributed by atoms with E-state index in [9.17, 15) is 9.59 Å². The molecule has 0 N–H and O–H groups in total. The van der Waals surface area contributed by atoms with Gasteiger partial charge in [-0.15, -0.1) is 0 Å². The summed E-state index contributed by atoms with van der Waals surface area (Å²) >= 11 is 6.71. The van der Waals surface area contributed by atoms with Gasteiger partial charge in [0.1, 0.15) is 10.1 Å². The van der Waals surface area contributed by atoms with Crippen molar-refractivity contribution in [2.24, 2.45) is 0 Å². The average molecular weight is 422 g/mol. The highest BCUT2D eigenvalue weighted by Gasteiger charge is 2.31. The van der Waals surface area contributed by atoms with Crippen molar-refractivity contribution >= 4 is 46.3 Å². The van der Waals surface area contributed by atoms with Gasteiger partial charge in [0.25, 0.3) is 5.91 Å². The van der Waals surface area contributed by atoms with E-state index < -0.39 is 0 Å². The van der Waals surface area contributed by atoms with Crippen LogP contribution in [0.15, 0.2) is 29.2 Å². The maximum absolute atomic E-state index is 12.7. The van der Waals surface area contributed by atoms with Crippen molar-refractivity contribution in [2.75, 3.05) is 19.8 Å². The highest BCUT2D eigenvalue weighted by atomic mass is 32.2. The monoisotopic (exact) mass is 421 g/mol. The molecule has 7 heteroatoms. The number of carbonyl (C=O) groups is 2. The molecule has 1 saturated heterocycles. The maximum Gasteiger partial charge on any atom is 0.305 e. The van der Waals surface area contributed by atoms with Gasteiger partial charge in [0.2, 0.25) is 0 Å². The van der Waals surface area contributed by atoms with Crippen LogP contribution in [0.2, 0.25) is 0 Å². The molecule has 0 spiro atoms. The summed E-state index contributed by atoms with van der Waals surface area (Å²) in [6.07, 6.45) is 5.64. The molecule has 5 nitrogen and oxygen atoms in total. The molecule has 0 atom stereocenters. The summed E-state index contributed by atoms with van der Waals surface area (Å²) in [6, 6.07) is 7.70. The van der Waals surface area contributed by atoms with Crippen molar-refractivity contribution in [1.29, 1.82) is 0 Å². The van der Waals surface area contributed by atoms with Gasteiger partial charge in [0.15, 0.2) is 0 Å². The Morgan fingerprint density at radius 1 is 1.25 bits per heavy atom. The van der Waals surface area contributed by atoms with E-state index >= 15 is 0 Å². The number of hydrogen-bond acceptors (Lipinski definition) is 6. The summed E-state index contributed by atoms with van der Waals surface area (Å²) in [7, 11) is 0. The van der Waals surface area contributed by atoms with E-state index in [0.29, 0.717) is 35.4 Å². The van der Waals surface area contributed by atoms with Crippen LogP contribution in [0, 0.1) is 0 Å². The van der Waals surface area contributed by atoms with Crippen LogP contribution in [0.1, 0.15) is 51.5 Å². The maximum atomic E-state index is 12.7. The number of unbranched alkanes of at least 4 members (excludes halogenated alkanes) is 2. The molecule has 28 heavy (non-hydrogen) atoms. The van der Waals surface area contributed by atoms with Gasteiger partial charge in [0, 0.05) is 13.0 Å². The van der Waals surface area contributed by atoms with Gasteiger partial charge in [-0.05, 0) is 50.0 Å². The number of amides is 1. The second-order valence-corrected chi connectivity index (χ2v) is 8.05. The van der Waals surface area contributed by atoms with Gasteiger partial charge in [-0.2, -0.15) is 0 Å². The lowest BCUT2D eigenvalue weighted by molar-refractivity contribution is -0.143. The van der Waals surface area contributed by atoms with E-state index in [1.165, 1.54) is 11.8 Å². The zero-order valence-corrected chi connectivity index (χ0v) is 18.1. The molecule has 0 aromatic heterocycles. The van der Waals surface area contributed by atoms with Gasteiger partial charge < -0.3 is 9.47 Å². The zero-order chi connectivity index (χ0) is 20.4. The molecule has 1 aromatic rings. The van der Waals surface area contributed by atoms with E-state index in [2.05, 4.69) is 6.92 Å². The van der Waals surface area contributed by atoms with Crippen LogP contribution in [0.5, 0.6) is 5.75 Å². The molecule has 0 bridgehead atoms. The first-order valence-corrected chi connectivity index (χ1v) is 10.9. The minimum atomic E-state index is -0.166. The van der Waals surface area contributed by atoms with E-state index in [4.69, 9.17) is 21.7 Å². The van der Waals surface area contributed by atoms with Crippen LogP contribution >= 0.6 is 24.0 Å². The first kappa shape index (κ1) is 22.4. The summed E-state index contributed by atoms with van der Waals surface area (Å²) < 4.78 is 11.1. The third-order valence-electron chi connectivity index (χ3n) is 4.07. The third kappa shape index (κ3) is 6.95. The predicted molar refractivity (Wildman–Crippen MR) is 117 cm³/mol. The number of esters is 1. The molecule has 1 aliphatic rings. The van der Waals surface area contributed by atoms with Gasteiger partial charge >= 0.3 is 5.97 Å². The summed E-state index contributed by atoms with van der Waals surface area (Å²) in [5.74, 6) is 0.578. The Morgan fingerprint density at radius 3 is 2.82 bits per heavy atom. The van der Waals surface area contributed by atoms with E-state index in [-0.39, 0.29) is 11.9 Å². The van der Waals surface area contributed by atoms with E-state index in [0.717, 1.165) is 37.0 Å². The van der Waals surface area contributed by atoms with Crippen molar-refractivity contribution in [3.05, 3.63) is 34.7 Å². The Morgan fingerprint density at radius 2 is 2.07 bits per heavy atom. The Labute approximate surface area is 176 Å². The number of ether oxygens (including phenoxy) is 2. The molecule has 0 radical (unpaired) electrons. The van der Waals surface area contributed by atoms with Crippen LogP contribution in [0.25, 0.3) is 6.08 Å². The number of hydrogen-bond donors (Lipinski definition) is 0. The minimum absolute atomic E-state index is 0.0553. The lowest BCUT2D eigenvalue weighted by Crippen LogP contribution is -2.29. The first-order valence-electron chi connectivity index (χ1n) is 9.69. The number of nitrogens with zero attached hydrogens (tertiary/aromatic N) is 1. The molecule has 0 aliphatic carbocycles. The lowest BCUT2D eigenvalue weighted by Gasteiger charge is -2.14. The lowest BCUT2D eigenvalue weighted by atomic mass is 10.2. The molecule has 1 amide bonds. The first-order chi connectivity index (χ1) is 13.5. The molecule has 152 valence electrons. The molecule has 0 saturated carbocycles. The van der Waals surface area contributed by atoms with E-state index in [1.54, 1.807) is 11.8 Å². The predicted octanol–water partition coefficient (Wildman–Crippen LogP) is 4.80. The second kappa shape index (κ2) is 11.9. The summed E-state index contributed by atoms with van der Waals surface area (Å²) in [5.41, 5.74) is 0.920. The highest BCUT2D eigenvalue weighted by Crippen LogP contribution is 2.33. The number of thiocarbonyl (C=S) groups is 1. The second-order valence-electron chi connectivity index (χ2n) is 6.37. The fourth-order valence-corrected chi connectivity index (χ4v) is 4.02. The standard InChI is InChI=1S/C21H27NO4S2/c1-3-13-26-17-10-8-9-16(14-17)15-18-20(24)22(21(27)28-18)12-7-5-6-11-19(23)25-4-2/h8-10,14-15H,3-7,11-13H2,1-2H3/b18-15+.